The molecule has 0 saturated heterocycles. The van der Waals surface area contributed by atoms with Gasteiger partial charge in [-0.2, -0.15) is 13.2 Å². The molecular formula is C14H19F3N2O. The van der Waals surface area contributed by atoms with Crippen molar-refractivity contribution < 1.29 is 17.9 Å². The monoisotopic (exact) mass is 288 g/mol. The lowest BCUT2D eigenvalue weighted by Gasteiger charge is -2.29. The van der Waals surface area contributed by atoms with Gasteiger partial charge in [0.1, 0.15) is 11.8 Å². The van der Waals surface area contributed by atoms with Crippen molar-refractivity contribution in [1.29, 1.82) is 0 Å². The smallest absolute Gasteiger partial charge is 0.433 e. The quantitative estimate of drug-likeness (QED) is 0.925. The van der Waals surface area contributed by atoms with E-state index >= 15 is 0 Å². The first-order valence-corrected chi connectivity index (χ1v) is 6.85. The number of pyridine rings is 1. The molecule has 1 saturated carbocycles. The predicted molar refractivity (Wildman–Crippen MR) is 69.2 cm³/mol. The maximum absolute atomic E-state index is 12.7. The number of hydrogen-bond acceptors (Lipinski definition) is 3. The van der Waals surface area contributed by atoms with Crippen molar-refractivity contribution in [2.45, 2.75) is 51.4 Å². The number of nitrogens with two attached hydrogens (primary N) is 1. The van der Waals surface area contributed by atoms with E-state index in [0.29, 0.717) is 11.5 Å². The maximum atomic E-state index is 12.7. The lowest BCUT2D eigenvalue weighted by atomic mass is 9.88. The molecule has 1 aliphatic rings. The van der Waals surface area contributed by atoms with Crippen LogP contribution in [-0.4, -0.2) is 11.1 Å². The van der Waals surface area contributed by atoms with Gasteiger partial charge in [-0.15, -0.1) is 0 Å². The minimum absolute atomic E-state index is 0.0288. The van der Waals surface area contributed by atoms with Crippen LogP contribution in [0, 0.1) is 5.92 Å². The third-order valence-corrected chi connectivity index (χ3v) is 3.75. The number of ether oxygens (including phenoxy) is 1. The van der Waals surface area contributed by atoms with Crippen LogP contribution in [0.2, 0.25) is 0 Å². The molecule has 2 N–H and O–H groups in total. The Labute approximate surface area is 116 Å². The van der Waals surface area contributed by atoms with E-state index in [9.17, 15) is 13.2 Å². The number of nitrogens with zero attached hydrogens (tertiary/aromatic N) is 1. The SMILES string of the molecule is CC1CCCCC1Oc1nc(C(F)(F)F)ccc1CN. The molecule has 1 aliphatic carbocycles. The lowest BCUT2D eigenvalue weighted by Crippen LogP contribution is -2.29. The summed E-state index contributed by atoms with van der Waals surface area (Å²) in [4.78, 5) is 3.62. The molecular weight excluding hydrogens is 269 g/mol. The molecule has 1 fully saturated rings. The Morgan fingerprint density at radius 1 is 1.30 bits per heavy atom. The zero-order valence-electron chi connectivity index (χ0n) is 11.4. The van der Waals surface area contributed by atoms with E-state index in [4.69, 9.17) is 10.5 Å². The van der Waals surface area contributed by atoms with E-state index in [2.05, 4.69) is 11.9 Å². The first kappa shape index (κ1) is 15.1. The van der Waals surface area contributed by atoms with Gasteiger partial charge in [-0.1, -0.05) is 19.4 Å². The number of rotatable bonds is 3. The first-order valence-electron chi connectivity index (χ1n) is 6.85. The Bertz CT molecular complexity index is 462. The van der Waals surface area contributed by atoms with Gasteiger partial charge in [0.2, 0.25) is 5.88 Å². The van der Waals surface area contributed by atoms with Crippen LogP contribution in [0.15, 0.2) is 12.1 Å². The zero-order valence-corrected chi connectivity index (χ0v) is 11.4. The van der Waals surface area contributed by atoms with Gasteiger partial charge in [0.25, 0.3) is 0 Å². The van der Waals surface area contributed by atoms with Crippen LogP contribution in [0.1, 0.15) is 43.9 Å². The van der Waals surface area contributed by atoms with Gasteiger partial charge in [-0.3, -0.25) is 0 Å². The van der Waals surface area contributed by atoms with Crippen LogP contribution >= 0.6 is 0 Å². The summed E-state index contributed by atoms with van der Waals surface area (Å²) in [5, 5.41) is 0. The molecule has 20 heavy (non-hydrogen) atoms. The van der Waals surface area contributed by atoms with Crippen molar-refractivity contribution >= 4 is 0 Å². The molecule has 112 valence electrons. The fourth-order valence-corrected chi connectivity index (χ4v) is 2.49. The highest BCUT2D eigenvalue weighted by Crippen LogP contribution is 2.32. The second-order valence-electron chi connectivity index (χ2n) is 5.28. The van der Waals surface area contributed by atoms with Crippen molar-refractivity contribution in [3.63, 3.8) is 0 Å². The molecule has 0 radical (unpaired) electrons. The molecule has 3 nitrogen and oxygen atoms in total. The number of aromatic nitrogens is 1. The number of hydrogen-bond donors (Lipinski definition) is 1. The Hall–Kier alpha value is -1.30. The van der Waals surface area contributed by atoms with Crippen LogP contribution < -0.4 is 10.5 Å². The minimum Gasteiger partial charge on any atom is -0.474 e. The standard InChI is InChI=1S/C14H19F3N2O/c1-9-4-2-3-5-11(9)20-13-10(8-18)6-7-12(19-13)14(15,16)17/h6-7,9,11H,2-5,8,18H2,1H3. The third-order valence-electron chi connectivity index (χ3n) is 3.75. The molecule has 2 rings (SSSR count). The highest BCUT2D eigenvalue weighted by molar-refractivity contribution is 5.29. The van der Waals surface area contributed by atoms with Gasteiger partial charge < -0.3 is 10.5 Å². The van der Waals surface area contributed by atoms with Gasteiger partial charge in [0.05, 0.1) is 0 Å². The van der Waals surface area contributed by atoms with Crippen LogP contribution in [0.3, 0.4) is 0 Å². The van der Waals surface area contributed by atoms with E-state index in [0.717, 1.165) is 31.7 Å². The van der Waals surface area contributed by atoms with Crippen LogP contribution in [0.25, 0.3) is 0 Å². The molecule has 1 aromatic heterocycles. The Morgan fingerprint density at radius 3 is 2.60 bits per heavy atom. The summed E-state index contributed by atoms with van der Waals surface area (Å²) < 4.78 is 43.9. The summed E-state index contributed by atoms with van der Waals surface area (Å²) >= 11 is 0. The summed E-state index contributed by atoms with van der Waals surface area (Å²) in [5.74, 6) is 0.354. The normalized spacial score (nSPS) is 23.6. The molecule has 2 unspecified atom stereocenters. The summed E-state index contributed by atoms with van der Waals surface area (Å²) in [6, 6.07) is 2.29. The zero-order chi connectivity index (χ0) is 14.8. The highest BCUT2D eigenvalue weighted by atomic mass is 19.4. The Balaban J connectivity index is 2.24. The Kier molecular flexibility index (Phi) is 4.52. The highest BCUT2D eigenvalue weighted by Gasteiger charge is 2.34. The Morgan fingerprint density at radius 2 is 2.00 bits per heavy atom. The molecule has 0 spiro atoms. The molecule has 1 aromatic rings. The van der Waals surface area contributed by atoms with Gasteiger partial charge in [-0.25, -0.2) is 4.98 Å². The van der Waals surface area contributed by atoms with Gasteiger partial charge in [0.15, 0.2) is 0 Å². The predicted octanol–water partition coefficient (Wildman–Crippen LogP) is 3.52. The summed E-state index contributed by atoms with van der Waals surface area (Å²) in [6.07, 6.45) is -0.495. The summed E-state index contributed by atoms with van der Waals surface area (Å²) in [6.45, 7) is 2.17. The van der Waals surface area contributed by atoms with Crippen LogP contribution in [0.5, 0.6) is 5.88 Å². The fourth-order valence-electron chi connectivity index (χ4n) is 2.49. The van der Waals surface area contributed by atoms with E-state index < -0.39 is 11.9 Å². The van der Waals surface area contributed by atoms with Gasteiger partial charge in [0, 0.05) is 12.1 Å². The van der Waals surface area contributed by atoms with Crippen molar-refractivity contribution in [2.24, 2.45) is 11.7 Å². The van der Waals surface area contributed by atoms with Crippen molar-refractivity contribution in [3.8, 4) is 5.88 Å². The average Bonchev–Trinajstić information content (AvgIpc) is 2.40. The van der Waals surface area contributed by atoms with Gasteiger partial charge >= 0.3 is 6.18 Å². The van der Waals surface area contributed by atoms with E-state index in [1.54, 1.807) is 0 Å². The van der Waals surface area contributed by atoms with Crippen molar-refractivity contribution in [3.05, 3.63) is 23.4 Å². The van der Waals surface area contributed by atoms with Crippen LogP contribution in [0.4, 0.5) is 13.2 Å². The molecule has 6 heteroatoms. The second-order valence-corrected chi connectivity index (χ2v) is 5.28. The van der Waals surface area contributed by atoms with E-state index in [1.165, 1.54) is 6.07 Å². The van der Waals surface area contributed by atoms with Crippen LogP contribution in [-0.2, 0) is 12.7 Å². The third kappa shape index (κ3) is 3.42. The molecule has 2 atom stereocenters. The minimum atomic E-state index is -4.47. The number of alkyl halides is 3. The topological polar surface area (TPSA) is 48.1 Å². The molecule has 0 aliphatic heterocycles. The van der Waals surface area contributed by atoms with E-state index in [-0.39, 0.29) is 18.5 Å². The average molecular weight is 288 g/mol. The molecule has 0 bridgehead atoms. The summed E-state index contributed by atoms with van der Waals surface area (Å²) in [7, 11) is 0. The first-order chi connectivity index (χ1) is 9.41. The number of halogens is 3. The largest absolute Gasteiger partial charge is 0.474 e. The molecule has 0 aromatic carbocycles. The molecule has 1 heterocycles. The summed E-state index contributed by atoms with van der Waals surface area (Å²) in [5.41, 5.74) is 5.12. The fraction of sp³-hybridized carbons (Fsp3) is 0.643. The van der Waals surface area contributed by atoms with E-state index in [1.807, 2.05) is 0 Å². The van der Waals surface area contributed by atoms with Gasteiger partial charge in [-0.05, 0) is 31.2 Å². The maximum Gasteiger partial charge on any atom is 0.433 e. The lowest BCUT2D eigenvalue weighted by molar-refractivity contribution is -0.141. The van der Waals surface area contributed by atoms with Crippen molar-refractivity contribution in [1.82, 2.24) is 4.98 Å². The van der Waals surface area contributed by atoms with Crippen molar-refractivity contribution in [2.75, 3.05) is 0 Å². The molecule has 0 amide bonds. The second kappa shape index (κ2) is 5.99.